The number of halogens is 1. The Morgan fingerprint density at radius 1 is 1.25 bits per heavy atom. The fourth-order valence-electron chi connectivity index (χ4n) is 3.62. The van der Waals surface area contributed by atoms with E-state index in [1.807, 2.05) is 12.1 Å². The first kappa shape index (κ1) is 19.4. The standard InChI is InChI=1S/C22H23ClN2O2S/c1-27-11-9-21(26)24-17-7-6-15-8-10-25(13-16(15)12-17)14-20-22(23)18-4-2-3-5-19(18)28-20/h2-7,12H,8-11,13-14H2,1H3,(H,24,26). The summed E-state index contributed by atoms with van der Waals surface area (Å²) in [6, 6.07) is 14.5. The monoisotopic (exact) mass is 414 g/mol. The van der Waals surface area contributed by atoms with E-state index in [0.717, 1.165) is 42.2 Å². The van der Waals surface area contributed by atoms with Crippen molar-refractivity contribution in [3.63, 3.8) is 0 Å². The van der Waals surface area contributed by atoms with E-state index >= 15 is 0 Å². The molecule has 1 N–H and O–H groups in total. The highest BCUT2D eigenvalue weighted by molar-refractivity contribution is 7.19. The number of carbonyl (C=O) groups is 1. The largest absolute Gasteiger partial charge is 0.384 e. The highest BCUT2D eigenvalue weighted by Gasteiger charge is 2.20. The van der Waals surface area contributed by atoms with Crippen molar-refractivity contribution in [3.05, 3.63) is 63.5 Å². The van der Waals surface area contributed by atoms with Gasteiger partial charge in [0.05, 0.1) is 18.1 Å². The van der Waals surface area contributed by atoms with E-state index in [9.17, 15) is 4.79 Å². The van der Waals surface area contributed by atoms with Crippen LogP contribution in [0.3, 0.4) is 0 Å². The van der Waals surface area contributed by atoms with Crippen molar-refractivity contribution in [2.45, 2.75) is 25.9 Å². The molecule has 0 fully saturated rings. The summed E-state index contributed by atoms with van der Waals surface area (Å²) < 4.78 is 6.20. The number of rotatable bonds is 6. The third-order valence-electron chi connectivity index (χ3n) is 5.08. The molecular weight excluding hydrogens is 392 g/mol. The second-order valence-corrected chi connectivity index (χ2v) is 8.59. The molecule has 0 radical (unpaired) electrons. The molecule has 6 heteroatoms. The molecule has 1 aliphatic heterocycles. The fraction of sp³-hybridized carbons (Fsp3) is 0.318. The van der Waals surface area contributed by atoms with Gasteiger partial charge in [-0.2, -0.15) is 0 Å². The molecule has 0 aliphatic carbocycles. The molecule has 1 aliphatic rings. The smallest absolute Gasteiger partial charge is 0.226 e. The number of methoxy groups -OCH3 is 1. The first-order chi connectivity index (χ1) is 13.6. The van der Waals surface area contributed by atoms with Crippen molar-refractivity contribution in [3.8, 4) is 0 Å². The lowest BCUT2D eigenvalue weighted by Gasteiger charge is -2.29. The quantitative estimate of drug-likeness (QED) is 0.611. The van der Waals surface area contributed by atoms with Gasteiger partial charge in [-0.3, -0.25) is 9.69 Å². The summed E-state index contributed by atoms with van der Waals surface area (Å²) in [6.07, 6.45) is 1.37. The molecule has 0 atom stereocenters. The number of anilines is 1. The van der Waals surface area contributed by atoms with Crippen LogP contribution < -0.4 is 5.32 Å². The SMILES string of the molecule is COCCC(=O)Nc1ccc2c(c1)CN(Cc1sc3ccccc3c1Cl)CC2. The summed E-state index contributed by atoms with van der Waals surface area (Å²) in [7, 11) is 1.60. The van der Waals surface area contributed by atoms with Gasteiger partial charge in [0.15, 0.2) is 0 Å². The van der Waals surface area contributed by atoms with Crippen LogP contribution in [0.2, 0.25) is 5.02 Å². The number of thiophene rings is 1. The summed E-state index contributed by atoms with van der Waals surface area (Å²) >= 11 is 8.40. The van der Waals surface area contributed by atoms with Gasteiger partial charge in [-0.15, -0.1) is 11.3 Å². The third-order valence-corrected chi connectivity index (χ3v) is 6.78. The van der Waals surface area contributed by atoms with E-state index in [1.165, 1.54) is 20.7 Å². The summed E-state index contributed by atoms with van der Waals surface area (Å²) in [5.41, 5.74) is 3.48. The minimum Gasteiger partial charge on any atom is -0.384 e. The molecule has 1 aromatic heterocycles. The fourth-order valence-corrected chi connectivity index (χ4v) is 5.15. The molecule has 0 spiro atoms. The molecule has 3 aromatic rings. The predicted molar refractivity (Wildman–Crippen MR) is 116 cm³/mol. The van der Waals surface area contributed by atoms with Crippen LogP contribution in [0.25, 0.3) is 10.1 Å². The number of ether oxygens (including phenoxy) is 1. The van der Waals surface area contributed by atoms with E-state index in [1.54, 1.807) is 18.4 Å². The maximum absolute atomic E-state index is 12.0. The average molecular weight is 415 g/mol. The molecule has 2 aromatic carbocycles. The Hall–Kier alpha value is -1.92. The zero-order valence-electron chi connectivity index (χ0n) is 15.8. The molecule has 0 saturated carbocycles. The highest BCUT2D eigenvalue weighted by atomic mass is 35.5. The number of fused-ring (bicyclic) bond motifs is 2. The molecule has 0 saturated heterocycles. The lowest BCUT2D eigenvalue weighted by atomic mass is 9.99. The molecule has 2 heterocycles. The van der Waals surface area contributed by atoms with Crippen molar-refractivity contribution in [2.75, 3.05) is 25.6 Å². The van der Waals surface area contributed by atoms with Crippen LogP contribution in [0.4, 0.5) is 5.69 Å². The van der Waals surface area contributed by atoms with E-state index in [0.29, 0.717) is 13.0 Å². The third kappa shape index (κ3) is 4.23. The summed E-state index contributed by atoms with van der Waals surface area (Å²) in [6.45, 7) is 3.15. The molecular formula is C22H23ClN2O2S. The molecule has 28 heavy (non-hydrogen) atoms. The first-order valence-electron chi connectivity index (χ1n) is 9.43. The normalized spacial score (nSPS) is 14.2. The first-order valence-corrected chi connectivity index (χ1v) is 10.6. The van der Waals surface area contributed by atoms with Gasteiger partial charge in [-0.05, 0) is 35.7 Å². The van der Waals surface area contributed by atoms with Crippen LogP contribution in [-0.4, -0.2) is 31.1 Å². The van der Waals surface area contributed by atoms with E-state index in [4.69, 9.17) is 16.3 Å². The predicted octanol–water partition coefficient (Wildman–Crippen LogP) is 5.09. The lowest BCUT2D eigenvalue weighted by Crippen LogP contribution is -2.30. The minimum atomic E-state index is -0.0217. The number of hydrogen-bond donors (Lipinski definition) is 1. The molecule has 0 bridgehead atoms. The second kappa shape index (κ2) is 8.62. The van der Waals surface area contributed by atoms with Crippen molar-refractivity contribution in [1.82, 2.24) is 4.90 Å². The Labute approximate surface area is 174 Å². The van der Waals surface area contributed by atoms with Crippen LogP contribution in [0.15, 0.2) is 42.5 Å². The van der Waals surface area contributed by atoms with Crippen LogP contribution >= 0.6 is 22.9 Å². The van der Waals surface area contributed by atoms with Crippen LogP contribution in [0.1, 0.15) is 22.4 Å². The second-order valence-electron chi connectivity index (χ2n) is 7.07. The van der Waals surface area contributed by atoms with E-state index in [-0.39, 0.29) is 5.91 Å². The molecule has 0 unspecified atom stereocenters. The van der Waals surface area contributed by atoms with Crippen LogP contribution in [0.5, 0.6) is 0 Å². The van der Waals surface area contributed by atoms with Crippen LogP contribution in [0, 0.1) is 0 Å². The highest BCUT2D eigenvalue weighted by Crippen LogP contribution is 2.36. The summed E-state index contributed by atoms with van der Waals surface area (Å²) in [4.78, 5) is 15.6. The van der Waals surface area contributed by atoms with Gasteiger partial charge in [-0.25, -0.2) is 0 Å². The Morgan fingerprint density at radius 2 is 2.11 bits per heavy atom. The molecule has 1 amide bonds. The maximum Gasteiger partial charge on any atom is 0.226 e. The number of hydrogen-bond acceptors (Lipinski definition) is 4. The number of amides is 1. The van der Waals surface area contributed by atoms with Crippen molar-refractivity contribution in [2.24, 2.45) is 0 Å². The van der Waals surface area contributed by atoms with Crippen LogP contribution in [-0.2, 0) is 29.0 Å². The Kier molecular flexibility index (Phi) is 5.97. The van der Waals surface area contributed by atoms with Crippen molar-refractivity contribution in [1.29, 1.82) is 0 Å². The van der Waals surface area contributed by atoms with Gasteiger partial charge in [0.1, 0.15) is 0 Å². The Morgan fingerprint density at radius 3 is 2.93 bits per heavy atom. The van der Waals surface area contributed by atoms with Gasteiger partial charge in [-0.1, -0.05) is 35.9 Å². The van der Waals surface area contributed by atoms with E-state index < -0.39 is 0 Å². The number of nitrogens with zero attached hydrogens (tertiary/aromatic N) is 1. The molecule has 4 nitrogen and oxygen atoms in total. The number of nitrogens with one attached hydrogen (secondary N) is 1. The van der Waals surface area contributed by atoms with Gasteiger partial charge in [0, 0.05) is 47.4 Å². The summed E-state index contributed by atoms with van der Waals surface area (Å²) in [5.74, 6) is -0.0217. The molecule has 4 rings (SSSR count). The minimum absolute atomic E-state index is 0.0217. The Bertz CT molecular complexity index is 1000. The van der Waals surface area contributed by atoms with Crippen molar-refractivity contribution >= 4 is 44.6 Å². The van der Waals surface area contributed by atoms with Gasteiger partial charge in [0.25, 0.3) is 0 Å². The van der Waals surface area contributed by atoms with Gasteiger partial charge < -0.3 is 10.1 Å². The zero-order valence-corrected chi connectivity index (χ0v) is 17.4. The number of carbonyl (C=O) groups excluding carboxylic acids is 1. The average Bonchev–Trinajstić information content (AvgIpc) is 3.02. The maximum atomic E-state index is 12.0. The lowest BCUT2D eigenvalue weighted by molar-refractivity contribution is -0.117. The van der Waals surface area contributed by atoms with Gasteiger partial charge in [0.2, 0.25) is 5.91 Å². The molecule has 146 valence electrons. The summed E-state index contributed by atoms with van der Waals surface area (Å²) in [5, 5.41) is 4.98. The number of benzene rings is 2. The topological polar surface area (TPSA) is 41.6 Å². The Balaban J connectivity index is 1.46. The zero-order chi connectivity index (χ0) is 19.5. The van der Waals surface area contributed by atoms with Gasteiger partial charge >= 0.3 is 0 Å². The van der Waals surface area contributed by atoms with E-state index in [2.05, 4.69) is 40.5 Å². The van der Waals surface area contributed by atoms with Crippen molar-refractivity contribution < 1.29 is 9.53 Å².